The summed E-state index contributed by atoms with van der Waals surface area (Å²) in [5, 5.41) is 5.63. The number of hydrogen-bond donors (Lipinski definition) is 3. The molecule has 1 rings (SSSR count). The maximum Gasteiger partial charge on any atom is 0.242 e. The fourth-order valence-corrected chi connectivity index (χ4v) is 1.90. The molecule has 5 heteroatoms. The maximum absolute atomic E-state index is 11.8. The van der Waals surface area contributed by atoms with Crippen LogP contribution in [-0.4, -0.2) is 30.4 Å². The number of rotatable bonds is 8. The van der Waals surface area contributed by atoms with E-state index in [2.05, 4.69) is 24.5 Å². The molecule has 1 aliphatic carbocycles. The molecule has 0 aromatic carbocycles. The molecule has 1 saturated carbocycles. The van der Waals surface area contributed by atoms with Crippen molar-refractivity contribution >= 4 is 11.8 Å². The lowest BCUT2D eigenvalue weighted by Gasteiger charge is -2.23. The topological polar surface area (TPSA) is 84.2 Å². The van der Waals surface area contributed by atoms with Crippen LogP contribution in [0.4, 0.5) is 0 Å². The van der Waals surface area contributed by atoms with Crippen LogP contribution in [0.15, 0.2) is 0 Å². The molecule has 0 heterocycles. The van der Waals surface area contributed by atoms with Crippen LogP contribution in [0.2, 0.25) is 0 Å². The van der Waals surface area contributed by atoms with Gasteiger partial charge in [-0.25, -0.2) is 0 Å². The predicted molar refractivity (Wildman–Crippen MR) is 75.5 cm³/mol. The van der Waals surface area contributed by atoms with Gasteiger partial charge >= 0.3 is 0 Å². The monoisotopic (exact) mass is 269 g/mol. The van der Waals surface area contributed by atoms with Crippen molar-refractivity contribution in [1.82, 2.24) is 10.6 Å². The Labute approximate surface area is 115 Å². The first-order chi connectivity index (χ1) is 8.84. The van der Waals surface area contributed by atoms with Crippen molar-refractivity contribution in [1.29, 1.82) is 0 Å². The van der Waals surface area contributed by atoms with Crippen LogP contribution in [0.5, 0.6) is 0 Å². The van der Waals surface area contributed by atoms with Crippen LogP contribution in [0.25, 0.3) is 0 Å². The van der Waals surface area contributed by atoms with Crippen molar-refractivity contribution in [2.75, 3.05) is 6.54 Å². The Morgan fingerprint density at radius 1 is 1.32 bits per heavy atom. The van der Waals surface area contributed by atoms with Gasteiger partial charge in [-0.1, -0.05) is 13.8 Å². The molecule has 0 aromatic rings. The summed E-state index contributed by atoms with van der Waals surface area (Å²) in [5.74, 6) is -0.152. The first-order valence-electron chi connectivity index (χ1n) is 7.14. The van der Waals surface area contributed by atoms with Gasteiger partial charge in [-0.2, -0.15) is 0 Å². The van der Waals surface area contributed by atoms with E-state index >= 15 is 0 Å². The van der Waals surface area contributed by atoms with E-state index in [1.165, 1.54) is 0 Å². The number of nitrogens with two attached hydrogens (primary N) is 1. The Morgan fingerprint density at radius 2 is 1.95 bits per heavy atom. The number of amides is 2. The quantitative estimate of drug-likeness (QED) is 0.613. The summed E-state index contributed by atoms with van der Waals surface area (Å²) < 4.78 is 0. The Morgan fingerprint density at radius 3 is 2.47 bits per heavy atom. The summed E-state index contributed by atoms with van der Waals surface area (Å²) in [6, 6.07) is -0.124. The SMILES string of the molecule is CC(NC(=O)CCC(C)(C)CCN)C(=O)NC1CC1. The molecule has 19 heavy (non-hydrogen) atoms. The number of hydrogen-bond acceptors (Lipinski definition) is 3. The van der Waals surface area contributed by atoms with Gasteiger partial charge < -0.3 is 16.4 Å². The number of carbonyl (C=O) groups is 2. The van der Waals surface area contributed by atoms with Crippen molar-refractivity contribution in [3.05, 3.63) is 0 Å². The van der Waals surface area contributed by atoms with Gasteiger partial charge in [-0.3, -0.25) is 9.59 Å². The lowest BCUT2D eigenvalue weighted by molar-refractivity contribution is -0.128. The van der Waals surface area contributed by atoms with Crippen LogP contribution in [0.1, 0.15) is 52.9 Å². The second-order valence-corrected chi connectivity index (χ2v) is 6.27. The third-order valence-corrected chi connectivity index (χ3v) is 3.54. The highest BCUT2D eigenvalue weighted by atomic mass is 16.2. The van der Waals surface area contributed by atoms with Gasteiger partial charge in [0.2, 0.25) is 11.8 Å². The summed E-state index contributed by atoms with van der Waals surface area (Å²) in [6.07, 6.45) is 4.23. The van der Waals surface area contributed by atoms with E-state index in [4.69, 9.17) is 5.73 Å². The Balaban J connectivity index is 2.23. The van der Waals surface area contributed by atoms with E-state index < -0.39 is 6.04 Å². The summed E-state index contributed by atoms with van der Waals surface area (Å²) in [6.45, 7) is 6.57. The van der Waals surface area contributed by atoms with Gasteiger partial charge in [0.05, 0.1) is 0 Å². The van der Waals surface area contributed by atoms with E-state index in [0.29, 0.717) is 19.0 Å². The van der Waals surface area contributed by atoms with Gasteiger partial charge in [0.25, 0.3) is 0 Å². The number of carbonyl (C=O) groups excluding carboxylic acids is 2. The van der Waals surface area contributed by atoms with E-state index in [0.717, 1.165) is 25.7 Å². The second-order valence-electron chi connectivity index (χ2n) is 6.27. The third-order valence-electron chi connectivity index (χ3n) is 3.54. The van der Waals surface area contributed by atoms with Crippen molar-refractivity contribution in [3.63, 3.8) is 0 Å². The standard InChI is InChI=1S/C14H27N3O2/c1-10(13(19)17-11-4-5-11)16-12(18)6-7-14(2,3)8-9-15/h10-11H,4-9,15H2,1-3H3,(H,16,18)(H,17,19). The molecule has 0 aliphatic heterocycles. The van der Waals surface area contributed by atoms with Gasteiger partial charge in [0.15, 0.2) is 0 Å². The van der Waals surface area contributed by atoms with Crippen LogP contribution >= 0.6 is 0 Å². The van der Waals surface area contributed by atoms with Gasteiger partial charge in [-0.05, 0) is 44.6 Å². The molecule has 0 aromatic heterocycles. The summed E-state index contributed by atoms with van der Waals surface area (Å²) >= 11 is 0. The van der Waals surface area contributed by atoms with Gasteiger partial charge in [0.1, 0.15) is 6.04 Å². The lowest BCUT2D eigenvalue weighted by Crippen LogP contribution is -2.45. The fourth-order valence-electron chi connectivity index (χ4n) is 1.90. The van der Waals surface area contributed by atoms with Crippen molar-refractivity contribution in [3.8, 4) is 0 Å². The minimum absolute atomic E-state index is 0.0662. The molecule has 0 radical (unpaired) electrons. The summed E-state index contributed by atoms with van der Waals surface area (Å²) in [7, 11) is 0. The van der Waals surface area contributed by atoms with Crippen LogP contribution in [0, 0.1) is 5.41 Å². The van der Waals surface area contributed by atoms with E-state index in [1.54, 1.807) is 6.92 Å². The van der Waals surface area contributed by atoms with E-state index in [1.807, 2.05) is 0 Å². The van der Waals surface area contributed by atoms with Gasteiger partial charge in [-0.15, -0.1) is 0 Å². The lowest BCUT2D eigenvalue weighted by atomic mass is 9.84. The molecular weight excluding hydrogens is 242 g/mol. The van der Waals surface area contributed by atoms with E-state index in [-0.39, 0.29) is 17.2 Å². The average molecular weight is 269 g/mol. The van der Waals surface area contributed by atoms with Crippen molar-refractivity contribution in [2.24, 2.45) is 11.1 Å². The average Bonchev–Trinajstić information content (AvgIpc) is 3.10. The molecule has 0 bridgehead atoms. The number of nitrogens with one attached hydrogen (secondary N) is 2. The zero-order chi connectivity index (χ0) is 14.5. The summed E-state index contributed by atoms with van der Waals surface area (Å²) in [5.41, 5.74) is 5.62. The molecule has 2 amide bonds. The Kier molecular flexibility index (Phi) is 5.79. The first kappa shape index (κ1) is 16.0. The molecular formula is C14H27N3O2. The largest absolute Gasteiger partial charge is 0.352 e. The smallest absolute Gasteiger partial charge is 0.242 e. The first-order valence-corrected chi connectivity index (χ1v) is 7.14. The van der Waals surface area contributed by atoms with Crippen molar-refractivity contribution < 1.29 is 9.59 Å². The minimum Gasteiger partial charge on any atom is -0.352 e. The zero-order valence-corrected chi connectivity index (χ0v) is 12.3. The Bertz CT molecular complexity index is 325. The second kappa shape index (κ2) is 6.89. The normalized spacial score (nSPS) is 16.8. The van der Waals surface area contributed by atoms with Crippen LogP contribution < -0.4 is 16.4 Å². The zero-order valence-electron chi connectivity index (χ0n) is 12.3. The van der Waals surface area contributed by atoms with E-state index in [9.17, 15) is 9.59 Å². The Hall–Kier alpha value is -1.10. The highest BCUT2D eigenvalue weighted by Crippen LogP contribution is 2.25. The molecule has 110 valence electrons. The fraction of sp³-hybridized carbons (Fsp3) is 0.857. The van der Waals surface area contributed by atoms with Crippen LogP contribution in [0.3, 0.4) is 0 Å². The minimum atomic E-state index is -0.453. The molecule has 1 unspecified atom stereocenters. The van der Waals surface area contributed by atoms with Crippen molar-refractivity contribution in [2.45, 2.75) is 65.0 Å². The highest BCUT2D eigenvalue weighted by molar-refractivity contribution is 5.87. The van der Waals surface area contributed by atoms with Gasteiger partial charge in [0, 0.05) is 12.5 Å². The molecule has 4 N–H and O–H groups in total. The molecule has 5 nitrogen and oxygen atoms in total. The predicted octanol–water partition coefficient (Wildman–Crippen LogP) is 0.925. The molecule has 0 spiro atoms. The molecule has 1 aliphatic rings. The van der Waals surface area contributed by atoms with Crippen LogP contribution in [-0.2, 0) is 9.59 Å². The maximum atomic E-state index is 11.8. The molecule has 1 atom stereocenters. The highest BCUT2D eigenvalue weighted by Gasteiger charge is 2.26. The molecule has 1 fully saturated rings. The summed E-state index contributed by atoms with van der Waals surface area (Å²) in [4.78, 5) is 23.5. The third kappa shape index (κ3) is 6.57. The molecule has 0 saturated heterocycles.